The maximum Gasteiger partial charge on any atom is 0.328 e. The van der Waals surface area contributed by atoms with Gasteiger partial charge < -0.3 is 15.8 Å². The van der Waals surface area contributed by atoms with E-state index < -0.39 is 6.04 Å². The quantitative estimate of drug-likeness (QED) is 0.734. The van der Waals surface area contributed by atoms with Gasteiger partial charge in [-0.25, -0.2) is 4.79 Å². The average Bonchev–Trinajstić information content (AvgIpc) is 2.94. The second-order valence-corrected chi connectivity index (χ2v) is 6.19. The predicted molar refractivity (Wildman–Crippen MR) is 71.1 cm³/mol. The third kappa shape index (κ3) is 2.61. The van der Waals surface area contributed by atoms with E-state index in [1.807, 2.05) is 13.8 Å². The molecule has 108 valence electrons. The first kappa shape index (κ1) is 14.3. The van der Waals surface area contributed by atoms with E-state index in [-0.39, 0.29) is 29.8 Å². The summed E-state index contributed by atoms with van der Waals surface area (Å²) in [5.74, 6) is 0.279. The third-order valence-corrected chi connectivity index (χ3v) is 4.70. The highest BCUT2D eigenvalue weighted by Gasteiger charge is 2.49. The molecule has 19 heavy (non-hydrogen) atoms. The zero-order valence-electron chi connectivity index (χ0n) is 11.9. The highest BCUT2D eigenvalue weighted by Crippen LogP contribution is 2.47. The first-order valence-electron chi connectivity index (χ1n) is 7.09. The average molecular weight is 268 g/mol. The Bertz CT molecular complexity index is 368. The van der Waals surface area contributed by atoms with E-state index in [2.05, 4.69) is 5.32 Å². The molecule has 0 heterocycles. The van der Waals surface area contributed by atoms with Gasteiger partial charge >= 0.3 is 5.97 Å². The molecule has 2 aliphatic carbocycles. The van der Waals surface area contributed by atoms with Crippen LogP contribution in [0.4, 0.5) is 0 Å². The summed E-state index contributed by atoms with van der Waals surface area (Å²) in [4.78, 5) is 24.1. The van der Waals surface area contributed by atoms with E-state index in [1.165, 1.54) is 7.11 Å². The summed E-state index contributed by atoms with van der Waals surface area (Å²) in [6, 6.07) is -0.631. The fourth-order valence-electron chi connectivity index (χ4n) is 3.60. The molecule has 2 rings (SSSR count). The molecule has 5 atom stereocenters. The molecular formula is C14H24N2O3. The van der Waals surface area contributed by atoms with Gasteiger partial charge in [0.15, 0.2) is 0 Å². The molecule has 0 aliphatic heterocycles. The largest absolute Gasteiger partial charge is 0.467 e. The van der Waals surface area contributed by atoms with Crippen LogP contribution in [-0.2, 0) is 14.3 Å². The Hall–Kier alpha value is -1.10. The van der Waals surface area contributed by atoms with E-state index >= 15 is 0 Å². The standard InChI is InChI=1S/C14H24N2O3/c1-7(2)12(14(18)19-3)16-13(17)10-8-4-5-9(6-8)11(10)15/h7-12H,4-6,15H2,1-3H3,(H,16,17). The summed E-state index contributed by atoms with van der Waals surface area (Å²) >= 11 is 0. The lowest BCUT2D eigenvalue weighted by molar-refractivity contribution is -0.147. The number of methoxy groups -OCH3 is 1. The van der Waals surface area contributed by atoms with Crippen LogP contribution >= 0.6 is 0 Å². The minimum Gasteiger partial charge on any atom is -0.467 e. The Balaban J connectivity index is 2.02. The second kappa shape index (κ2) is 5.49. The molecular weight excluding hydrogens is 244 g/mol. The topological polar surface area (TPSA) is 81.4 Å². The molecule has 1 amide bonds. The van der Waals surface area contributed by atoms with Gasteiger partial charge in [-0.2, -0.15) is 0 Å². The number of amides is 1. The molecule has 2 saturated carbocycles. The van der Waals surface area contributed by atoms with E-state index in [4.69, 9.17) is 10.5 Å². The zero-order chi connectivity index (χ0) is 14.2. The molecule has 5 heteroatoms. The van der Waals surface area contributed by atoms with Gasteiger partial charge in [0.05, 0.1) is 13.0 Å². The summed E-state index contributed by atoms with van der Waals surface area (Å²) in [6.45, 7) is 3.78. The van der Waals surface area contributed by atoms with E-state index in [0.717, 1.165) is 19.3 Å². The van der Waals surface area contributed by atoms with Crippen molar-refractivity contribution in [2.24, 2.45) is 29.4 Å². The molecule has 2 bridgehead atoms. The molecule has 0 aromatic heterocycles. The van der Waals surface area contributed by atoms with Gasteiger partial charge in [0.2, 0.25) is 5.91 Å². The number of hydrogen-bond acceptors (Lipinski definition) is 4. The van der Waals surface area contributed by atoms with Crippen molar-refractivity contribution in [1.29, 1.82) is 0 Å². The molecule has 0 saturated heterocycles. The molecule has 0 radical (unpaired) electrons. The highest BCUT2D eigenvalue weighted by molar-refractivity contribution is 5.86. The molecule has 0 aromatic rings. The lowest BCUT2D eigenvalue weighted by Crippen LogP contribution is -2.52. The highest BCUT2D eigenvalue weighted by atomic mass is 16.5. The predicted octanol–water partition coefficient (Wildman–Crippen LogP) is 0.674. The van der Waals surface area contributed by atoms with Gasteiger partial charge in [0, 0.05) is 6.04 Å². The number of rotatable bonds is 4. The molecule has 2 aliphatic rings. The van der Waals surface area contributed by atoms with Crippen molar-refractivity contribution in [3.63, 3.8) is 0 Å². The third-order valence-electron chi connectivity index (χ3n) is 4.70. The molecule has 3 N–H and O–H groups in total. The summed E-state index contributed by atoms with van der Waals surface area (Å²) in [6.07, 6.45) is 3.28. The number of carbonyl (C=O) groups excluding carboxylic acids is 2. The van der Waals surface area contributed by atoms with Gasteiger partial charge in [0.1, 0.15) is 6.04 Å². The van der Waals surface area contributed by atoms with Crippen LogP contribution < -0.4 is 11.1 Å². The maximum absolute atomic E-state index is 12.4. The van der Waals surface area contributed by atoms with Crippen molar-refractivity contribution in [1.82, 2.24) is 5.32 Å². The molecule has 2 fully saturated rings. The van der Waals surface area contributed by atoms with Crippen molar-refractivity contribution in [3.05, 3.63) is 0 Å². The smallest absolute Gasteiger partial charge is 0.328 e. The Kier molecular flexibility index (Phi) is 4.13. The number of ether oxygens (including phenoxy) is 1. The van der Waals surface area contributed by atoms with Gasteiger partial charge in [-0.3, -0.25) is 4.79 Å². The normalized spacial score (nSPS) is 34.4. The lowest BCUT2D eigenvalue weighted by atomic mass is 9.84. The molecule has 0 aromatic carbocycles. The number of carbonyl (C=O) groups is 2. The van der Waals surface area contributed by atoms with Crippen LogP contribution in [0, 0.1) is 23.7 Å². The minimum absolute atomic E-state index is 0.00575. The summed E-state index contributed by atoms with van der Waals surface area (Å²) in [5.41, 5.74) is 6.15. The molecule has 0 spiro atoms. The summed E-state index contributed by atoms with van der Waals surface area (Å²) in [5, 5.41) is 2.83. The first-order chi connectivity index (χ1) is 8.95. The van der Waals surface area contributed by atoms with Crippen molar-refractivity contribution in [2.75, 3.05) is 7.11 Å². The Labute approximate surface area is 114 Å². The lowest BCUT2D eigenvalue weighted by Gasteiger charge is -2.29. The SMILES string of the molecule is COC(=O)C(NC(=O)C1C2CCC(C2)C1N)C(C)C. The molecule has 5 nitrogen and oxygen atoms in total. The van der Waals surface area contributed by atoms with Crippen LogP contribution in [0.2, 0.25) is 0 Å². The Morgan fingerprint density at radius 1 is 1.26 bits per heavy atom. The Morgan fingerprint density at radius 3 is 2.37 bits per heavy atom. The van der Waals surface area contributed by atoms with Crippen molar-refractivity contribution in [3.8, 4) is 0 Å². The minimum atomic E-state index is -0.580. The van der Waals surface area contributed by atoms with Crippen LogP contribution in [0.5, 0.6) is 0 Å². The van der Waals surface area contributed by atoms with Crippen LogP contribution in [0.3, 0.4) is 0 Å². The van der Waals surface area contributed by atoms with Crippen molar-refractivity contribution >= 4 is 11.9 Å². The Morgan fingerprint density at radius 2 is 1.89 bits per heavy atom. The van der Waals surface area contributed by atoms with E-state index in [1.54, 1.807) is 0 Å². The van der Waals surface area contributed by atoms with Gasteiger partial charge in [-0.15, -0.1) is 0 Å². The van der Waals surface area contributed by atoms with E-state index in [9.17, 15) is 9.59 Å². The number of hydrogen-bond donors (Lipinski definition) is 2. The van der Waals surface area contributed by atoms with Crippen LogP contribution in [0.1, 0.15) is 33.1 Å². The molecule has 5 unspecified atom stereocenters. The zero-order valence-corrected chi connectivity index (χ0v) is 11.9. The van der Waals surface area contributed by atoms with Crippen LogP contribution in [0.25, 0.3) is 0 Å². The summed E-state index contributed by atoms with van der Waals surface area (Å²) < 4.78 is 4.74. The summed E-state index contributed by atoms with van der Waals surface area (Å²) in [7, 11) is 1.34. The number of fused-ring (bicyclic) bond motifs is 2. The number of nitrogens with one attached hydrogen (secondary N) is 1. The second-order valence-electron chi connectivity index (χ2n) is 6.19. The first-order valence-corrected chi connectivity index (χ1v) is 7.09. The van der Waals surface area contributed by atoms with Crippen LogP contribution in [0.15, 0.2) is 0 Å². The van der Waals surface area contributed by atoms with Crippen LogP contribution in [-0.4, -0.2) is 31.1 Å². The van der Waals surface area contributed by atoms with Gasteiger partial charge in [0.25, 0.3) is 0 Å². The van der Waals surface area contributed by atoms with Crippen molar-refractivity contribution < 1.29 is 14.3 Å². The number of nitrogens with two attached hydrogens (primary N) is 1. The fraction of sp³-hybridized carbons (Fsp3) is 0.857. The monoisotopic (exact) mass is 268 g/mol. The van der Waals surface area contributed by atoms with Gasteiger partial charge in [-0.1, -0.05) is 13.8 Å². The van der Waals surface area contributed by atoms with Gasteiger partial charge in [-0.05, 0) is 37.0 Å². The maximum atomic E-state index is 12.4. The van der Waals surface area contributed by atoms with Crippen molar-refractivity contribution in [2.45, 2.75) is 45.2 Å². The fourth-order valence-corrected chi connectivity index (χ4v) is 3.60. The number of esters is 1. The van der Waals surface area contributed by atoms with E-state index in [0.29, 0.717) is 11.8 Å².